The summed E-state index contributed by atoms with van der Waals surface area (Å²) in [6, 6.07) is 2.89. The summed E-state index contributed by atoms with van der Waals surface area (Å²) in [7, 11) is 0. The van der Waals surface area contributed by atoms with Gasteiger partial charge in [0.15, 0.2) is 0 Å². The molecule has 1 aliphatic carbocycles. The summed E-state index contributed by atoms with van der Waals surface area (Å²) in [4.78, 5) is 2.62. The third kappa shape index (κ3) is 12.4. The predicted octanol–water partition coefficient (Wildman–Crippen LogP) is 3.09. The number of rotatable bonds is 11. The molecule has 5 nitrogen and oxygen atoms in total. The molecule has 168 valence electrons. The van der Waals surface area contributed by atoms with Gasteiger partial charge in [0.05, 0.1) is 0 Å². The fourth-order valence-electron chi connectivity index (χ4n) is 4.37. The summed E-state index contributed by atoms with van der Waals surface area (Å²) in [5.41, 5.74) is 5.57. The Morgan fingerprint density at radius 3 is 2.18 bits per heavy atom. The number of hydrogen-bond donors (Lipinski definition) is 4. The molecule has 0 spiro atoms. The van der Waals surface area contributed by atoms with Crippen molar-refractivity contribution >= 4 is 0 Å². The smallest absolute Gasteiger partial charge is 0.0122 e. The number of nitrogens with zero attached hydrogens (tertiary/aromatic N) is 1. The van der Waals surface area contributed by atoms with Crippen molar-refractivity contribution < 1.29 is 0 Å². The molecule has 0 radical (unpaired) electrons. The van der Waals surface area contributed by atoms with Crippen LogP contribution in [0.5, 0.6) is 0 Å². The predicted molar refractivity (Wildman–Crippen MR) is 124 cm³/mol. The fraction of sp³-hybridized carbons (Fsp3) is 1.00. The van der Waals surface area contributed by atoms with Crippen molar-refractivity contribution in [2.45, 2.75) is 110 Å². The second-order valence-corrected chi connectivity index (χ2v) is 9.21. The summed E-state index contributed by atoms with van der Waals surface area (Å²) in [6.07, 6.45) is 12.1. The monoisotopic (exact) mass is 397 g/mol. The van der Waals surface area contributed by atoms with E-state index in [9.17, 15) is 0 Å². The first-order valence-corrected chi connectivity index (χ1v) is 12.2. The normalized spacial score (nSPS) is 19.3. The lowest BCUT2D eigenvalue weighted by atomic mass is 9.95. The second-order valence-electron chi connectivity index (χ2n) is 9.21. The Kier molecular flexibility index (Phi) is 15.3. The van der Waals surface area contributed by atoms with Gasteiger partial charge in [-0.3, -0.25) is 4.90 Å². The minimum absolute atomic E-state index is 0.629. The molecule has 2 fully saturated rings. The molecule has 2 rings (SSSR count). The van der Waals surface area contributed by atoms with Gasteiger partial charge in [-0.15, -0.1) is 0 Å². The largest absolute Gasteiger partial charge is 0.330 e. The molecule has 0 aromatic carbocycles. The molecule has 1 aliphatic heterocycles. The lowest BCUT2D eigenvalue weighted by Crippen LogP contribution is -2.47. The summed E-state index contributed by atoms with van der Waals surface area (Å²) in [6.45, 7) is 15.7. The molecule has 28 heavy (non-hydrogen) atoms. The minimum atomic E-state index is 0.629. The van der Waals surface area contributed by atoms with Crippen LogP contribution in [0.1, 0.15) is 85.5 Å². The van der Waals surface area contributed by atoms with Crippen LogP contribution in [-0.2, 0) is 0 Å². The number of piperidine rings is 1. The van der Waals surface area contributed by atoms with Gasteiger partial charge >= 0.3 is 0 Å². The lowest BCUT2D eigenvalue weighted by molar-refractivity contribution is 0.125. The Bertz CT molecular complexity index is 336. The Balaban J connectivity index is 0.000000280. The van der Waals surface area contributed by atoms with Crippen molar-refractivity contribution in [2.75, 3.05) is 39.3 Å². The fourth-order valence-corrected chi connectivity index (χ4v) is 4.37. The SMILES string of the molecule is CC(C)N(CCCN)C1CCNCC1.CC(C)NCCCNC1CCCCC1. The van der Waals surface area contributed by atoms with Crippen LogP contribution in [0.4, 0.5) is 0 Å². The highest BCUT2D eigenvalue weighted by Crippen LogP contribution is 2.17. The van der Waals surface area contributed by atoms with E-state index in [4.69, 9.17) is 5.73 Å². The van der Waals surface area contributed by atoms with E-state index < -0.39 is 0 Å². The molecule has 0 atom stereocenters. The molecule has 0 aromatic rings. The molecule has 0 amide bonds. The van der Waals surface area contributed by atoms with Crippen molar-refractivity contribution in [3.8, 4) is 0 Å². The quantitative estimate of drug-likeness (QED) is 0.404. The topological polar surface area (TPSA) is 65.3 Å². The summed E-state index contributed by atoms with van der Waals surface area (Å²) in [5, 5.41) is 10.5. The van der Waals surface area contributed by atoms with Crippen LogP contribution in [0.2, 0.25) is 0 Å². The number of hydrogen-bond acceptors (Lipinski definition) is 5. The first-order chi connectivity index (χ1) is 13.5. The Morgan fingerprint density at radius 2 is 1.61 bits per heavy atom. The maximum atomic E-state index is 5.57. The Labute approximate surface area is 176 Å². The van der Waals surface area contributed by atoms with Crippen molar-refractivity contribution in [3.63, 3.8) is 0 Å². The van der Waals surface area contributed by atoms with Gasteiger partial charge in [0.25, 0.3) is 0 Å². The van der Waals surface area contributed by atoms with Crippen LogP contribution in [-0.4, -0.2) is 68.3 Å². The van der Waals surface area contributed by atoms with E-state index in [1.807, 2.05) is 0 Å². The highest BCUT2D eigenvalue weighted by Gasteiger charge is 2.22. The van der Waals surface area contributed by atoms with Gasteiger partial charge in [-0.25, -0.2) is 0 Å². The van der Waals surface area contributed by atoms with Crippen LogP contribution in [0.25, 0.3) is 0 Å². The maximum Gasteiger partial charge on any atom is 0.0122 e. The lowest BCUT2D eigenvalue weighted by Gasteiger charge is -2.37. The van der Waals surface area contributed by atoms with Gasteiger partial charge in [0, 0.05) is 24.2 Å². The molecule has 0 unspecified atom stereocenters. The van der Waals surface area contributed by atoms with E-state index in [0.717, 1.165) is 31.6 Å². The molecule has 5 heteroatoms. The first-order valence-electron chi connectivity index (χ1n) is 12.2. The Morgan fingerprint density at radius 1 is 0.929 bits per heavy atom. The van der Waals surface area contributed by atoms with E-state index in [-0.39, 0.29) is 0 Å². The zero-order chi connectivity index (χ0) is 20.6. The van der Waals surface area contributed by atoms with Crippen LogP contribution < -0.4 is 21.7 Å². The van der Waals surface area contributed by atoms with Gasteiger partial charge in [0.1, 0.15) is 0 Å². The van der Waals surface area contributed by atoms with E-state index in [2.05, 4.69) is 48.5 Å². The maximum absolute atomic E-state index is 5.57. The number of nitrogens with one attached hydrogen (secondary N) is 3. The van der Waals surface area contributed by atoms with Crippen molar-refractivity contribution in [1.82, 2.24) is 20.9 Å². The summed E-state index contributed by atoms with van der Waals surface area (Å²) in [5.74, 6) is 0. The zero-order valence-electron chi connectivity index (χ0n) is 19.4. The van der Waals surface area contributed by atoms with Crippen LogP contribution >= 0.6 is 0 Å². The molecule has 1 saturated carbocycles. The van der Waals surface area contributed by atoms with E-state index in [1.165, 1.54) is 77.5 Å². The molecule has 1 heterocycles. The molecular weight excluding hydrogens is 346 g/mol. The van der Waals surface area contributed by atoms with Crippen molar-refractivity contribution in [1.29, 1.82) is 0 Å². The highest BCUT2D eigenvalue weighted by atomic mass is 15.2. The third-order valence-electron chi connectivity index (χ3n) is 6.01. The van der Waals surface area contributed by atoms with Crippen LogP contribution in [0.3, 0.4) is 0 Å². The zero-order valence-corrected chi connectivity index (χ0v) is 19.4. The summed E-state index contributed by atoms with van der Waals surface area (Å²) >= 11 is 0. The Hall–Kier alpha value is -0.200. The van der Waals surface area contributed by atoms with Gasteiger partial charge in [-0.2, -0.15) is 0 Å². The molecule has 2 aliphatic rings. The van der Waals surface area contributed by atoms with Crippen molar-refractivity contribution in [2.24, 2.45) is 5.73 Å². The van der Waals surface area contributed by atoms with Gasteiger partial charge in [0.2, 0.25) is 0 Å². The molecule has 1 saturated heterocycles. The second kappa shape index (κ2) is 16.6. The van der Waals surface area contributed by atoms with Gasteiger partial charge < -0.3 is 21.7 Å². The average Bonchev–Trinajstić information content (AvgIpc) is 2.70. The van der Waals surface area contributed by atoms with Gasteiger partial charge in [-0.05, 0) is 91.6 Å². The average molecular weight is 398 g/mol. The number of nitrogens with two attached hydrogens (primary N) is 1. The molecular formula is C23H51N5. The van der Waals surface area contributed by atoms with E-state index in [1.54, 1.807) is 0 Å². The van der Waals surface area contributed by atoms with Gasteiger partial charge in [-0.1, -0.05) is 33.1 Å². The minimum Gasteiger partial charge on any atom is -0.330 e. The van der Waals surface area contributed by atoms with Crippen LogP contribution in [0, 0.1) is 0 Å². The highest BCUT2D eigenvalue weighted by molar-refractivity contribution is 4.79. The van der Waals surface area contributed by atoms with E-state index >= 15 is 0 Å². The van der Waals surface area contributed by atoms with E-state index in [0.29, 0.717) is 12.1 Å². The molecule has 0 bridgehead atoms. The standard InChI is InChI=1S/C12H26N2.C11H25N3/c1-11(2)13-9-6-10-14-12-7-4-3-5-8-12;1-10(2)14(9-3-6-12)11-4-7-13-8-5-11/h11-14H,3-10H2,1-2H3;10-11,13H,3-9,12H2,1-2H3. The molecule has 0 aromatic heterocycles. The van der Waals surface area contributed by atoms with Crippen molar-refractivity contribution in [3.05, 3.63) is 0 Å². The third-order valence-corrected chi connectivity index (χ3v) is 6.01. The van der Waals surface area contributed by atoms with Crippen LogP contribution in [0.15, 0.2) is 0 Å². The first kappa shape index (κ1) is 25.8. The molecule has 5 N–H and O–H groups in total. The summed E-state index contributed by atoms with van der Waals surface area (Å²) < 4.78 is 0.